The lowest BCUT2D eigenvalue weighted by atomic mass is 10.0. The number of amides is 1. The first kappa shape index (κ1) is 15.5. The second-order valence-electron chi connectivity index (χ2n) is 5.77. The van der Waals surface area contributed by atoms with Gasteiger partial charge in [0.2, 0.25) is 5.91 Å². The van der Waals surface area contributed by atoms with E-state index in [1.54, 1.807) is 0 Å². The normalized spacial score (nSPS) is 18.7. The van der Waals surface area contributed by atoms with Gasteiger partial charge in [0.1, 0.15) is 5.82 Å². The Morgan fingerprint density at radius 3 is 3.17 bits per heavy atom. The van der Waals surface area contributed by atoms with Gasteiger partial charge in [-0.25, -0.2) is 0 Å². The molecule has 120 valence electrons. The highest BCUT2D eigenvalue weighted by molar-refractivity contribution is 5.81. The van der Waals surface area contributed by atoms with Crippen LogP contribution in [-0.2, 0) is 11.2 Å². The number of hydrogen-bond donors (Lipinski definition) is 1. The van der Waals surface area contributed by atoms with E-state index in [2.05, 4.69) is 26.3 Å². The highest BCUT2D eigenvalue weighted by Crippen LogP contribution is 2.16. The van der Waals surface area contributed by atoms with Crippen molar-refractivity contribution in [3.63, 3.8) is 0 Å². The Hall–Kier alpha value is -2.39. The van der Waals surface area contributed by atoms with Crippen molar-refractivity contribution in [1.29, 1.82) is 0 Å². The zero-order valence-corrected chi connectivity index (χ0v) is 13.1. The van der Waals surface area contributed by atoms with E-state index in [0.29, 0.717) is 19.5 Å². The van der Waals surface area contributed by atoms with Gasteiger partial charge in [0.25, 0.3) is 0 Å². The van der Waals surface area contributed by atoms with E-state index >= 15 is 0 Å². The lowest BCUT2D eigenvalue weighted by Gasteiger charge is -2.33. The third-order valence-electron chi connectivity index (χ3n) is 4.24. The molecule has 1 amide bonds. The Morgan fingerprint density at radius 1 is 1.39 bits per heavy atom. The molecule has 0 saturated carbocycles. The molecular weight excluding hydrogens is 290 g/mol. The van der Waals surface area contributed by atoms with Crippen molar-refractivity contribution in [2.45, 2.75) is 31.7 Å². The molecular formula is C17H21N5O. The van der Waals surface area contributed by atoms with Gasteiger partial charge in [0, 0.05) is 19.2 Å². The molecule has 1 atom stereocenters. The number of aromatic nitrogens is 3. The van der Waals surface area contributed by atoms with E-state index in [1.807, 2.05) is 28.8 Å². The van der Waals surface area contributed by atoms with Gasteiger partial charge in [-0.05, 0) is 31.5 Å². The Bertz CT molecular complexity index is 717. The first-order valence-electron chi connectivity index (χ1n) is 8.03. The predicted octanol–water partition coefficient (Wildman–Crippen LogP) is 0.876. The third-order valence-corrected chi connectivity index (χ3v) is 4.24. The van der Waals surface area contributed by atoms with Gasteiger partial charge in [-0.2, -0.15) is 0 Å². The monoisotopic (exact) mass is 311 g/mol. The SMILES string of the molecule is C#CCN1CCCC[C@@H]1C(=O)NCCc1nnc2ccccn12. The van der Waals surface area contributed by atoms with Crippen LogP contribution in [-0.4, -0.2) is 51.1 Å². The molecule has 0 aromatic carbocycles. The maximum absolute atomic E-state index is 12.4. The summed E-state index contributed by atoms with van der Waals surface area (Å²) in [6, 6.07) is 5.68. The Balaban J connectivity index is 1.55. The molecule has 0 radical (unpaired) electrons. The molecule has 6 nitrogen and oxygen atoms in total. The minimum Gasteiger partial charge on any atom is -0.354 e. The summed E-state index contributed by atoms with van der Waals surface area (Å²) in [4.78, 5) is 14.5. The number of fused-ring (bicyclic) bond motifs is 1. The first-order valence-corrected chi connectivity index (χ1v) is 8.03. The van der Waals surface area contributed by atoms with Gasteiger partial charge >= 0.3 is 0 Å². The number of likely N-dealkylation sites (tertiary alicyclic amines) is 1. The fourth-order valence-corrected chi connectivity index (χ4v) is 3.07. The van der Waals surface area contributed by atoms with E-state index in [1.165, 1.54) is 0 Å². The smallest absolute Gasteiger partial charge is 0.237 e. The average molecular weight is 311 g/mol. The number of carbonyl (C=O) groups excluding carboxylic acids is 1. The van der Waals surface area contributed by atoms with Gasteiger partial charge < -0.3 is 5.32 Å². The quantitative estimate of drug-likeness (QED) is 0.833. The van der Waals surface area contributed by atoms with Gasteiger partial charge in [-0.1, -0.05) is 18.4 Å². The maximum Gasteiger partial charge on any atom is 0.237 e. The third kappa shape index (κ3) is 3.51. The fourth-order valence-electron chi connectivity index (χ4n) is 3.07. The van der Waals surface area contributed by atoms with Crippen LogP contribution in [0.4, 0.5) is 0 Å². The van der Waals surface area contributed by atoms with Crippen LogP contribution in [0.15, 0.2) is 24.4 Å². The number of carbonyl (C=O) groups is 1. The van der Waals surface area contributed by atoms with E-state index in [0.717, 1.165) is 37.3 Å². The predicted molar refractivity (Wildman–Crippen MR) is 87.7 cm³/mol. The molecule has 23 heavy (non-hydrogen) atoms. The van der Waals surface area contributed by atoms with Crippen molar-refractivity contribution >= 4 is 11.6 Å². The molecule has 0 spiro atoms. The lowest BCUT2D eigenvalue weighted by molar-refractivity contribution is -0.127. The summed E-state index contributed by atoms with van der Waals surface area (Å²) < 4.78 is 1.94. The summed E-state index contributed by atoms with van der Waals surface area (Å²) in [5.41, 5.74) is 0.821. The lowest BCUT2D eigenvalue weighted by Crippen LogP contribution is -2.49. The molecule has 0 unspecified atom stereocenters. The highest BCUT2D eigenvalue weighted by Gasteiger charge is 2.27. The fraction of sp³-hybridized carbons (Fsp3) is 0.471. The van der Waals surface area contributed by atoms with Crippen molar-refractivity contribution in [3.05, 3.63) is 30.2 Å². The van der Waals surface area contributed by atoms with Gasteiger partial charge in [-0.15, -0.1) is 16.6 Å². The van der Waals surface area contributed by atoms with E-state index in [4.69, 9.17) is 6.42 Å². The molecule has 1 aliphatic heterocycles. The molecule has 0 bridgehead atoms. The number of nitrogens with zero attached hydrogens (tertiary/aromatic N) is 4. The molecule has 3 heterocycles. The molecule has 1 N–H and O–H groups in total. The van der Waals surface area contributed by atoms with Crippen molar-refractivity contribution < 1.29 is 4.79 Å². The summed E-state index contributed by atoms with van der Waals surface area (Å²) in [5.74, 6) is 3.56. The first-order chi connectivity index (χ1) is 11.3. The van der Waals surface area contributed by atoms with Crippen LogP contribution in [0.5, 0.6) is 0 Å². The molecule has 1 fully saturated rings. The van der Waals surface area contributed by atoms with Crippen LogP contribution in [0.3, 0.4) is 0 Å². The van der Waals surface area contributed by atoms with Gasteiger partial charge in [0.05, 0.1) is 12.6 Å². The average Bonchev–Trinajstić information content (AvgIpc) is 2.99. The van der Waals surface area contributed by atoms with Crippen molar-refractivity contribution in [3.8, 4) is 12.3 Å². The Labute approximate surface area is 135 Å². The number of rotatable bonds is 5. The minimum absolute atomic E-state index is 0.0637. The number of pyridine rings is 1. The van der Waals surface area contributed by atoms with Crippen LogP contribution in [0.1, 0.15) is 25.1 Å². The van der Waals surface area contributed by atoms with Crippen molar-refractivity contribution in [2.24, 2.45) is 0 Å². The van der Waals surface area contributed by atoms with Crippen LogP contribution in [0.25, 0.3) is 5.65 Å². The summed E-state index contributed by atoms with van der Waals surface area (Å²) in [5, 5.41) is 11.3. The summed E-state index contributed by atoms with van der Waals surface area (Å²) in [6.45, 7) is 1.99. The molecule has 1 aliphatic rings. The van der Waals surface area contributed by atoms with Gasteiger partial charge in [0.15, 0.2) is 5.65 Å². The minimum atomic E-state index is -0.102. The molecule has 1 saturated heterocycles. The van der Waals surface area contributed by atoms with Crippen molar-refractivity contribution in [1.82, 2.24) is 24.8 Å². The number of terminal acetylenes is 1. The second-order valence-corrected chi connectivity index (χ2v) is 5.77. The maximum atomic E-state index is 12.4. The Kier molecular flexibility index (Phi) is 4.89. The summed E-state index contributed by atoms with van der Waals surface area (Å²) in [6.07, 6.45) is 11.0. The molecule has 0 aliphatic carbocycles. The van der Waals surface area contributed by atoms with Crippen molar-refractivity contribution in [2.75, 3.05) is 19.6 Å². The highest BCUT2D eigenvalue weighted by atomic mass is 16.2. The molecule has 2 aromatic heterocycles. The van der Waals surface area contributed by atoms with Crippen LogP contribution in [0.2, 0.25) is 0 Å². The largest absolute Gasteiger partial charge is 0.354 e. The summed E-state index contributed by atoms with van der Waals surface area (Å²) >= 11 is 0. The zero-order chi connectivity index (χ0) is 16.1. The number of nitrogens with one attached hydrogen (secondary N) is 1. The van der Waals surface area contributed by atoms with Crippen LogP contribution < -0.4 is 5.32 Å². The molecule has 6 heteroatoms. The van der Waals surface area contributed by atoms with E-state index in [9.17, 15) is 4.79 Å². The van der Waals surface area contributed by atoms with Crippen LogP contribution >= 0.6 is 0 Å². The molecule has 2 aromatic rings. The summed E-state index contributed by atoms with van der Waals surface area (Å²) in [7, 11) is 0. The second kappa shape index (κ2) is 7.25. The number of piperidine rings is 1. The van der Waals surface area contributed by atoms with E-state index < -0.39 is 0 Å². The molecule has 3 rings (SSSR count). The zero-order valence-electron chi connectivity index (χ0n) is 13.1. The van der Waals surface area contributed by atoms with Crippen LogP contribution in [0, 0.1) is 12.3 Å². The Morgan fingerprint density at radius 2 is 2.30 bits per heavy atom. The van der Waals surface area contributed by atoms with Gasteiger partial charge in [-0.3, -0.25) is 14.1 Å². The number of hydrogen-bond acceptors (Lipinski definition) is 4. The topological polar surface area (TPSA) is 62.5 Å². The van der Waals surface area contributed by atoms with E-state index in [-0.39, 0.29) is 11.9 Å². The standard InChI is InChI=1S/C17H21N5O/c1-2-11-21-12-5-3-7-14(21)17(23)18-10-9-16-20-19-15-8-4-6-13-22(15)16/h1,4,6,8,13-14H,3,5,7,9-12H2,(H,18,23)/t14-/m1/s1.